The van der Waals surface area contributed by atoms with Crippen molar-refractivity contribution in [3.63, 3.8) is 0 Å². The zero-order valence-electron chi connectivity index (χ0n) is 8.83. The first-order valence-electron chi connectivity index (χ1n) is 5.46. The summed E-state index contributed by atoms with van der Waals surface area (Å²) in [5, 5.41) is 3.41. The van der Waals surface area contributed by atoms with Crippen LogP contribution in [0.2, 0.25) is 0 Å². The summed E-state index contributed by atoms with van der Waals surface area (Å²) in [6, 6.07) is 15.0. The van der Waals surface area contributed by atoms with Crippen molar-refractivity contribution in [2.75, 3.05) is 11.9 Å². The van der Waals surface area contributed by atoms with Crippen molar-refractivity contribution >= 4 is 21.6 Å². The highest BCUT2D eigenvalue weighted by Gasteiger charge is 2.14. The SMILES string of the molecule is Brc1cccc(-c2cccc3c2CCN3)c1. The van der Waals surface area contributed by atoms with Crippen LogP contribution < -0.4 is 5.32 Å². The Labute approximate surface area is 104 Å². The topological polar surface area (TPSA) is 12.0 Å². The highest BCUT2D eigenvalue weighted by atomic mass is 79.9. The zero-order valence-corrected chi connectivity index (χ0v) is 10.4. The van der Waals surface area contributed by atoms with Gasteiger partial charge >= 0.3 is 0 Å². The Hall–Kier alpha value is -1.28. The Morgan fingerprint density at radius 3 is 2.81 bits per heavy atom. The average Bonchev–Trinajstić information content (AvgIpc) is 2.76. The van der Waals surface area contributed by atoms with Gasteiger partial charge < -0.3 is 5.32 Å². The van der Waals surface area contributed by atoms with E-state index in [1.54, 1.807) is 0 Å². The van der Waals surface area contributed by atoms with Gasteiger partial charge in [0.1, 0.15) is 0 Å². The Bertz CT molecular complexity index is 534. The summed E-state index contributed by atoms with van der Waals surface area (Å²) in [5.74, 6) is 0. The minimum absolute atomic E-state index is 1.06. The molecule has 1 nitrogen and oxygen atoms in total. The molecule has 0 bridgehead atoms. The van der Waals surface area contributed by atoms with Crippen LogP contribution >= 0.6 is 15.9 Å². The van der Waals surface area contributed by atoms with Crippen LogP contribution in [0.25, 0.3) is 11.1 Å². The van der Waals surface area contributed by atoms with Crippen molar-refractivity contribution in [2.45, 2.75) is 6.42 Å². The number of benzene rings is 2. The predicted molar refractivity (Wildman–Crippen MR) is 71.8 cm³/mol. The standard InChI is InChI=1S/C14H12BrN/c15-11-4-1-3-10(9-11)12-5-2-6-14-13(12)7-8-16-14/h1-6,9,16H,7-8H2. The van der Waals surface area contributed by atoms with Gasteiger partial charge in [-0.05, 0) is 41.3 Å². The normalized spacial score (nSPS) is 13.3. The average molecular weight is 274 g/mol. The van der Waals surface area contributed by atoms with E-state index in [4.69, 9.17) is 0 Å². The van der Waals surface area contributed by atoms with Crippen LogP contribution in [0.1, 0.15) is 5.56 Å². The number of hydrogen-bond acceptors (Lipinski definition) is 1. The predicted octanol–water partition coefficient (Wildman–Crippen LogP) is 4.08. The minimum Gasteiger partial charge on any atom is -0.384 e. The molecule has 0 aliphatic carbocycles. The van der Waals surface area contributed by atoms with Gasteiger partial charge in [-0.3, -0.25) is 0 Å². The van der Waals surface area contributed by atoms with Crippen molar-refractivity contribution in [3.8, 4) is 11.1 Å². The van der Waals surface area contributed by atoms with Crippen LogP contribution in [0, 0.1) is 0 Å². The quantitative estimate of drug-likeness (QED) is 0.826. The molecule has 0 atom stereocenters. The summed E-state index contributed by atoms with van der Waals surface area (Å²) in [7, 11) is 0. The molecular weight excluding hydrogens is 262 g/mol. The van der Waals surface area contributed by atoms with E-state index in [-0.39, 0.29) is 0 Å². The Morgan fingerprint density at radius 1 is 1.06 bits per heavy atom. The van der Waals surface area contributed by atoms with Crippen molar-refractivity contribution in [2.24, 2.45) is 0 Å². The molecule has 1 aliphatic rings. The molecule has 0 fully saturated rings. The zero-order chi connectivity index (χ0) is 11.0. The van der Waals surface area contributed by atoms with E-state index in [0.29, 0.717) is 0 Å². The van der Waals surface area contributed by atoms with Crippen LogP contribution in [0.15, 0.2) is 46.9 Å². The maximum atomic E-state index is 3.52. The molecule has 0 aromatic heterocycles. The van der Waals surface area contributed by atoms with E-state index in [2.05, 4.69) is 63.7 Å². The Morgan fingerprint density at radius 2 is 1.94 bits per heavy atom. The molecule has 3 rings (SSSR count). The van der Waals surface area contributed by atoms with Gasteiger partial charge in [0.25, 0.3) is 0 Å². The monoisotopic (exact) mass is 273 g/mol. The first-order valence-corrected chi connectivity index (χ1v) is 6.25. The van der Waals surface area contributed by atoms with Gasteiger partial charge in [-0.25, -0.2) is 0 Å². The lowest BCUT2D eigenvalue weighted by Gasteiger charge is -2.08. The molecule has 0 unspecified atom stereocenters. The third-order valence-corrected chi connectivity index (χ3v) is 3.50. The minimum atomic E-state index is 1.06. The van der Waals surface area contributed by atoms with E-state index >= 15 is 0 Å². The fourth-order valence-corrected chi connectivity index (χ4v) is 2.67. The van der Waals surface area contributed by atoms with Gasteiger partial charge in [-0.1, -0.05) is 40.2 Å². The molecule has 0 amide bonds. The van der Waals surface area contributed by atoms with Gasteiger partial charge in [0.05, 0.1) is 0 Å². The van der Waals surface area contributed by atoms with Crippen molar-refractivity contribution in [1.82, 2.24) is 0 Å². The molecule has 80 valence electrons. The number of anilines is 1. The Kier molecular flexibility index (Phi) is 2.44. The van der Waals surface area contributed by atoms with Crippen LogP contribution in [0.5, 0.6) is 0 Å². The van der Waals surface area contributed by atoms with E-state index in [1.165, 1.54) is 22.4 Å². The highest BCUT2D eigenvalue weighted by Crippen LogP contribution is 2.33. The van der Waals surface area contributed by atoms with E-state index in [1.807, 2.05) is 0 Å². The van der Waals surface area contributed by atoms with Gasteiger partial charge in [0.2, 0.25) is 0 Å². The summed E-state index contributed by atoms with van der Waals surface area (Å²) >= 11 is 3.52. The third kappa shape index (κ3) is 1.63. The van der Waals surface area contributed by atoms with Gasteiger partial charge in [0.15, 0.2) is 0 Å². The molecule has 16 heavy (non-hydrogen) atoms. The van der Waals surface area contributed by atoms with Crippen molar-refractivity contribution < 1.29 is 0 Å². The molecule has 1 N–H and O–H groups in total. The number of fused-ring (bicyclic) bond motifs is 1. The summed E-state index contributed by atoms with van der Waals surface area (Å²) < 4.78 is 1.13. The second-order valence-corrected chi connectivity index (χ2v) is 4.93. The van der Waals surface area contributed by atoms with E-state index in [9.17, 15) is 0 Å². The van der Waals surface area contributed by atoms with Crippen LogP contribution in [-0.4, -0.2) is 6.54 Å². The second kappa shape index (κ2) is 3.95. The molecule has 2 aromatic carbocycles. The Balaban J connectivity index is 2.17. The van der Waals surface area contributed by atoms with Crippen LogP contribution in [0.3, 0.4) is 0 Å². The summed E-state index contributed by atoms with van der Waals surface area (Å²) in [4.78, 5) is 0. The largest absolute Gasteiger partial charge is 0.384 e. The van der Waals surface area contributed by atoms with E-state index in [0.717, 1.165) is 17.4 Å². The second-order valence-electron chi connectivity index (χ2n) is 4.02. The fraction of sp³-hybridized carbons (Fsp3) is 0.143. The lowest BCUT2D eigenvalue weighted by Crippen LogP contribution is -1.90. The third-order valence-electron chi connectivity index (χ3n) is 3.00. The fourth-order valence-electron chi connectivity index (χ4n) is 2.27. The molecule has 2 heteroatoms. The van der Waals surface area contributed by atoms with Crippen molar-refractivity contribution in [1.29, 1.82) is 0 Å². The first-order chi connectivity index (χ1) is 7.84. The first kappa shape index (κ1) is 9.91. The summed E-state index contributed by atoms with van der Waals surface area (Å²) in [5.41, 5.74) is 5.37. The highest BCUT2D eigenvalue weighted by molar-refractivity contribution is 9.10. The van der Waals surface area contributed by atoms with Crippen molar-refractivity contribution in [3.05, 3.63) is 52.5 Å². The molecular formula is C14H12BrN. The van der Waals surface area contributed by atoms with Gasteiger partial charge in [-0.2, -0.15) is 0 Å². The molecule has 0 saturated carbocycles. The van der Waals surface area contributed by atoms with Gasteiger partial charge in [-0.15, -0.1) is 0 Å². The molecule has 2 aromatic rings. The number of halogens is 1. The number of rotatable bonds is 1. The molecule has 0 spiro atoms. The number of nitrogens with one attached hydrogen (secondary N) is 1. The maximum Gasteiger partial charge on any atom is 0.0379 e. The van der Waals surface area contributed by atoms with Crippen LogP contribution in [0.4, 0.5) is 5.69 Å². The molecule has 0 radical (unpaired) electrons. The number of hydrogen-bond donors (Lipinski definition) is 1. The molecule has 1 heterocycles. The summed E-state index contributed by atoms with van der Waals surface area (Å²) in [6.07, 6.45) is 1.12. The molecule has 0 saturated heterocycles. The maximum absolute atomic E-state index is 3.52. The van der Waals surface area contributed by atoms with Gasteiger partial charge in [0, 0.05) is 16.7 Å². The molecule has 1 aliphatic heterocycles. The lowest BCUT2D eigenvalue weighted by atomic mass is 9.98. The van der Waals surface area contributed by atoms with E-state index < -0.39 is 0 Å². The smallest absolute Gasteiger partial charge is 0.0379 e. The van der Waals surface area contributed by atoms with Crippen LogP contribution in [-0.2, 0) is 6.42 Å². The summed E-state index contributed by atoms with van der Waals surface area (Å²) in [6.45, 7) is 1.06. The lowest BCUT2D eigenvalue weighted by molar-refractivity contribution is 1.11.